The number of hydrogen-bond acceptors (Lipinski definition) is 3. The standard InChI is InChI=1S/C21H36N4O.HI/c1-4-14-26-17-19-11-8-7-10-18(19)15-23-21(22-5-2)24-16-20-12-9-13-25(20)6-3;/h7-8,10-11,20H,4-6,9,12-17H2,1-3H3,(H2,22,23,24);1H. The van der Waals surface area contributed by atoms with Crippen molar-refractivity contribution in [2.24, 2.45) is 4.99 Å². The van der Waals surface area contributed by atoms with Gasteiger partial charge in [-0.25, -0.2) is 4.99 Å². The number of ether oxygens (including phenoxy) is 1. The molecule has 1 fully saturated rings. The van der Waals surface area contributed by atoms with Gasteiger partial charge in [0.15, 0.2) is 5.96 Å². The molecule has 1 aliphatic rings. The third kappa shape index (κ3) is 8.35. The van der Waals surface area contributed by atoms with Crippen molar-refractivity contribution in [2.75, 3.05) is 32.8 Å². The summed E-state index contributed by atoms with van der Waals surface area (Å²) in [5.74, 6) is 0.903. The summed E-state index contributed by atoms with van der Waals surface area (Å²) in [6.07, 6.45) is 3.63. The molecule has 1 aromatic carbocycles. The number of nitrogens with one attached hydrogen (secondary N) is 2. The second-order valence-corrected chi connectivity index (χ2v) is 6.82. The summed E-state index contributed by atoms with van der Waals surface area (Å²) in [4.78, 5) is 7.36. The summed E-state index contributed by atoms with van der Waals surface area (Å²) >= 11 is 0. The fraction of sp³-hybridized carbons (Fsp3) is 0.667. The van der Waals surface area contributed by atoms with E-state index in [4.69, 9.17) is 9.73 Å². The quantitative estimate of drug-likeness (QED) is 0.228. The Morgan fingerprint density at radius 3 is 2.67 bits per heavy atom. The number of aliphatic imine (C=N–C) groups is 1. The van der Waals surface area contributed by atoms with Gasteiger partial charge >= 0.3 is 0 Å². The van der Waals surface area contributed by atoms with Crippen molar-refractivity contribution in [2.45, 2.75) is 59.2 Å². The maximum atomic E-state index is 5.72. The Bertz CT molecular complexity index is 553. The largest absolute Gasteiger partial charge is 0.377 e. The summed E-state index contributed by atoms with van der Waals surface area (Å²) in [6, 6.07) is 9.05. The SMILES string of the molecule is CCCOCc1ccccc1CN=C(NCC)NCC1CCCN1CC.I. The average Bonchev–Trinajstić information content (AvgIpc) is 3.12. The van der Waals surface area contributed by atoms with Crippen molar-refractivity contribution in [3.8, 4) is 0 Å². The zero-order valence-corrected chi connectivity index (χ0v) is 19.5. The lowest BCUT2D eigenvalue weighted by Crippen LogP contribution is -2.44. The first-order chi connectivity index (χ1) is 12.8. The highest BCUT2D eigenvalue weighted by molar-refractivity contribution is 14.0. The van der Waals surface area contributed by atoms with Crippen molar-refractivity contribution in [3.05, 3.63) is 35.4 Å². The minimum atomic E-state index is 0. The average molecular weight is 488 g/mol. The van der Waals surface area contributed by atoms with Crippen LogP contribution in [-0.4, -0.2) is 49.7 Å². The molecule has 0 saturated carbocycles. The van der Waals surface area contributed by atoms with E-state index in [0.717, 1.165) is 38.6 Å². The number of nitrogens with zero attached hydrogens (tertiary/aromatic N) is 2. The zero-order valence-electron chi connectivity index (χ0n) is 17.2. The molecule has 1 heterocycles. The van der Waals surface area contributed by atoms with Gasteiger partial charge in [-0.3, -0.25) is 4.90 Å². The van der Waals surface area contributed by atoms with Gasteiger partial charge in [0.25, 0.3) is 0 Å². The molecule has 1 aromatic rings. The van der Waals surface area contributed by atoms with Crippen LogP contribution in [0.25, 0.3) is 0 Å². The number of likely N-dealkylation sites (N-methyl/N-ethyl adjacent to an activating group) is 1. The molecule has 1 atom stereocenters. The van der Waals surface area contributed by atoms with Gasteiger partial charge in [-0.05, 0) is 50.4 Å². The molecule has 2 rings (SSSR count). The highest BCUT2D eigenvalue weighted by Crippen LogP contribution is 2.15. The summed E-state index contributed by atoms with van der Waals surface area (Å²) in [7, 11) is 0. The van der Waals surface area contributed by atoms with Crippen molar-refractivity contribution in [1.82, 2.24) is 15.5 Å². The molecule has 0 aromatic heterocycles. The zero-order chi connectivity index (χ0) is 18.6. The molecule has 0 spiro atoms. The molecule has 6 heteroatoms. The Morgan fingerprint density at radius 1 is 1.19 bits per heavy atom. The summed E-state index contributed by atoms with van der Waals surface area (Å²) in [6.45, 7) is 12.8. The van der Waals surface area contributed by atoms with Gasteiger partial charge in [-0.15, -0.1) is 24.0 Å². The van der Waals surface area contributed by atoms with Gasteiger partial charge in [0.2, 0.25) is 0 Å². The van der Waals surface area contributed by atoms with Gasteiger partial charge < -0.3 is 15.4 Å². The van der Waals surface area contributed by atoms with Crippen LogP contribution in [0.4, 0.5) is 0 Å². The Hall–Kier alpha value is -0.860. The van der Waals surface area contributed by atoms with Crippen LogP contribution in [0.15, 0.2) is 29.3 Å². The minimum Gasteiger partial charge on any atom is -0.377 e. The van der Waals surface area contributed by atoms with Crippen molar-refractivity contribution in [1.29, 1.82) is 0 Å². The lowest BCUT2D eigenvalue weighted by atomic mass is 10.1. The van der Waals surface area contributed by atoms with Crippen LogP contribution < -0.4 is 10.6 Å². The molecule has 0 amide bonds. The number of guanidine groups is 1. The smallest absolute Gasteiger partial charge is 0.191 e. The molecule has 0 radical (unpaired) electrons. The lowest BCUT2D eigenvalue weighted by molar-refractivity contribution is 0.121. The molecule has 0 bridgehead atoms. The molecule has 1 saturated heterocycles. The normalized spacial score (nSPS) is 17.6. The van der Waals surface area contributed by atoms with E-state index in [2.05, 4.69) is 60.6 Å². The monoisotopic (exact) mass is 488 g/mol. The predicted octanol–water partition coefficient (Wildman–Crippen LogP) is 3.77. The van der Waals surface area contributed by atoms with E-state index in [0.29, 0.717) is 19.2 Å². The van der Waals surface area contributed by atoms with Crippen molar-refractivity contribution >= 4 is 29.9 Å². The fourth-order valence-electron chi connectivity index (χ4n) is 3.44. The Morgan fingerprint density at radius 2 is 1.96 bits per heavy atom. The van der Waals surface area contributed by atoms with Crippen LogP contribution in [0.5, 0.6) is 0 Å². The highest BCUT2D eigenvalue weighted by Gasteiger charge is 2.22. The number of likely N-dealkylation sites (tertiary alicyclic amines) is 1. The van der Waals surface area contributed by atoms with Crippen molar-refractivity contribution in [3.63, 3.8) is 0 Å². The van der Waals surface area contributed by atoms with E-state index >= 15 is 0 Å². The maximum Gasteiger partial charge on any atom is 0.191 e. The lowest BCUT2D eigenvalue weighted by Gasteiger charge is -2.24. The second kappa shape index (κ2) is 14.2. The maximum absolute atomic E-state index is 5.72. The Labute approximate surface area is 182 Å². The van der Waals surface area contributed by atoms with E-state index in [1.807, 2.05) is 0 Å². The summed E-state index contributed by atoms with van der Waals surface area (Å²) in [5, 5.41) is 6.91. The Kier molecular flexibility index (Phi) is 12.7. The van der Waals surface area contributed by atoms with E-state index in [-0.39, 0.29) is 24.0 Å². The van der Waals surface area contributed by atoms with Gasteiger partial charge in [0.05, 0.1) is 13.2 Å². The minimum absolute atomic E-state index is 0. The first kappa shape index (κ1) is 24.2. The van der Waals surface area contributed by atoms with Crippen LogP contribution in [-0.2, 0) is 17.9 Å². The third-order valence-electron chi connectivity index (χ3n) is 4.89. The van der Waals surface area contributed by atoms with E-state index in [1.54, 1.807) is 0 Å². The molecule has 5 nitrogen and oxygen atoms in total. The highest BCUT2D eigenvalue weighted by atomic mass is 127. The Balaban J connectivity index is 0.00000364. The molecule has 154 valence electrons. The van der Waals surface area contributed by atoms with Gasteiger partial charge in [0, 0.05) is 25.7 Å². The van der Waals surface area contributed by atoms with Crippen LogP contribution in [0.3, 0.4) is 0 Å². The van der Waals surface area contributed by atoms with E-state index in [1.165, 1.54) is 30.5 Å². The molecule has 2 N–H and O–H groups in total. The molecule has 27 heavy (non-hydrogen) atoms. The molecule has 1 aliphatic heterocycles. The number of rotatable bonds is 10. The molecule has 0 aliphatic carbocycles. The molecular formula is C21H37IN4O. The number of benzene rings is 1. The summed E-state index contributed by atoms with van der Waals surface area (Å²) < 4.78 is 5.72. The van der Waals surface area contributed by atoms with Crippen LogP contribution in [0, 0.1) is 0 Å². The topological polar surface area (TPSA) is 48.9 Å². The van der Waals surface area contributed by atoms with E-state index < -0.39 is 0 Å². The van der Waals surface area contributed by atoms with Gasteiger partial charge in [0.1, 0.15) is 0 Å². The first-order valence-corrected chi connectivity index (χ1v) is 10.2. The first-order valence-electron chi connectivity index (χ1n) is 10.2. The van der Waals surface area contributed by atoms with E-state index in [9.17, 15) is 0 Å². The van der Waals surface area contributed by atoms with Crippen LogP contribution in [0.2, 0.25) is 0 Å². The van der Waals surface area contributed by atoms with Crippen LogP contribution >= 0.6 is 24.0 Å². The number of halogens is 1. The fourth-order valence-corrected chi connectivity index (χ4v) is 3.44. The van der Waals surface area contributed by atoms with Gasteiger partial charge in [-0.2, -0.15) is 0 Å². The summed E-state index contributed by atoms with van der Waals surface area (Å²) in [5.41, 5.74) is 2.46. The van der Waals surface area contributed by atoms with Crippen LogP contribution in [0.1, 0.15) is 51.2 Å². The van der Waals surface area contributed by atoms with Crippen molar-refractivity contribution < 1.29 is 4.74 Å². The van der Waals surface area contributed by atoms with Gasteiger partial charge in [-0.1, -0.05) is 38.1 Å². The number of hydrogen-bond donors (Lipinski definition) is 2. The predicted molar refractivity (Wildman–Crippen MR) is 125 cm³/mol. The molecule has 1 unspecified atom stereocenters. The molecular weight excluding hydrogens is 451 g/mol. The third-order valence-corrected chi connectivity index (χ3v) is 4.89. The second-order valence-electron chi connectivity index (χ2n) is 6.82.